The molecule has 1 N–H and O–H groups in total. The second kappa shape index (κ2) is 6.88. The Hall–Kier alpha value is -0.120. The van der Waals surface area contributed by atoms with Crippen molar-refractivity contribution in [1.82, 2.24) is 10.2 Å². The van der Waals surface area contributed by atoms with Gasteiger partial charge >= 0.3 is 0 Å². The van der Waals surface area contributed by atoms with E-state index in [0.717, 1.165) is 16.4 Å². The fourth-order valence-corrected chi connectivity index (χ4v) is 2.62. The minimum absolute atomic E-state index is 0.662. The van der Waals surface area contributed by atoms with Crippen molar-refractivity contribution in [3.63, 3.8) is 0 Å². The van der Waals surface area contributed by atoms with E-state index in [9.17, 15) is 0 Å². The van der Waals surface area contributed by atoms with Crippen LogP contribution in [0.2, 0.25) is 0 Å². The summed E-state index contributed by atoms with van der Waals surface area (Å²) < 4.78 is 1.06. The largest absolute Gasteiger partial charge is 0.330 e. The monoisotopic (exact) mass is 256 g/mol. The molecule has 0 spiro atoms. The van der Waals surface area contributed by atoms with Crippen LogP contribution >= 0.6 is 0 Å². The van der Waals surface area contributed by atoms with Crippen molar-refractivity contribution < 1.29 is 4.48 Å². The number of hydrogen-bond donors (Lipinski definition) is 1. The van der Waals surface area contributed by atoms with Crippen LogP contribution in [0.3, 0.4) is 0 Å². The molecule has 0 radical (unpaired) electrons. The van der Waals surface area contributed by atoms with Gasteiger partial charge in [-0.1, -0.05) is 6.92 Å². The van der Waals surface area contributed by atoms with E-state index in [2.05, 4.69) is 52.1 Å². The lowest BCUT2D eigenvalue weighted by molar-refractivity contribution is -0.869. The first kappa shape index (κ1) is 15.9. The van der Waals surface area contributed by atoms with Crippen molar-refractivity contribution in [3.05, 3.63) is 0 Å². The van der Waals surface area contributed by atoms with Gasteiger partial charge in [-0.2, -0.15) is 0 Å². The Morgan fingerprint density at radius 1 is 1.22 bits per heavy atom. The third kappa shape index (κ3) is 6.17. The van der Waals surface area contributed by atoms with Crippen LogP contribution in [-0.2, 0) is 0 Å². The quantitative estimate of drug-likeness (QED) is 0.699. The first-order chi connectivity index (χ1) is 8.28. The van der Waals surface area contributed by atoms with Crippen molar-refractivity contribution >= 4 is 0 Å². The third-order valence-corrected chi connectivity index (χ3v) is 3.99. The van der Waals surface area contributed by atoms with Gasteiger partial charge in [0, 0.05) is 25.2 Å². The minimum atomic E-state index is 0.662. The normalized spacial score (nSPS) is 25.3. The van der Waals surface area contributed by atoms with Gasteiger partial charge in [0.15, 0.2) is 0 Å². The van der Waals surface area contributed by atoms with Crippen LogP contribution in [0.5, 0.6) is 0 Å². The fourth-order valence-electron chi connectivity index (χ4n) is 2.62. The summed E-state index contributed by atoms with van der Waals surface area (Å²) >= 11 is 0. The zero-order valence-electron chi connectivity index (χ0n) is 13.4. The Labute approximate surface area is 114 Å². The van der Waals surface area contributed by atoms with E-state index in [-0.39, 0.29) is 0 Å². The molecule has 0 saturated carbocycles. The second-order valence-electron chi connectivity index (χ2n) is 7.38. The van der Waals surface area contributed by atoms with Gasteiger partial charge in [0.1, 0.15) is 0 Å². The first-order valence-corrected chi connectivity index (χ1v) is 7.56. The number of nitrogens with zero attached hydrogens (tertiary/aromatic N) is 2. The molecule has 0 amide bonds. The van der Waals surface area contributed by atoms with Gasteiger partial charge in [0.2, 0.25) is 0 Å². The number of rotatable bonds is 7. The molecule has 0 aromatic carbocycles. The number of quaternary nitrogens is 1. The highest BCUT2D eigenvalue weighted by Gasteiger charge is 2.22. The Morgan fingerprint density at radius 3 is 2.33 bits per heavy atom. The molecule has 0 aromatic rings. The molecule has 108 valence electrons. The van der Waals surface area contributed by atoms with Crippen molar-refractivity contribution in [3.8, 4) is 0 Å². The van der Waals surface area contributed by atoms with Gasteiger partial charge in [-0.15, -0.1) is 0 Å². The molecule has 1 aliphatic heterocycles. The lowest BCUT2D eigenvalue weighted by Crippen LogP contribution is -2.45. The van der Waals surface area contributed by atoms with Crippen molar-refractivity contribution in [1.29, 1.82) is 0 Å². The molecule has 0 aliphatic carbocycles. The molecule has 18 heavy (non-hydrogen) atoms. The topological polar surface area (TPSA) is 15.3 Å². The Kier molecular flexibility index (Phi) is 6.09. The molecular formula is C15H34N3+. The summed E-state index contributed by atoms with van der Waals surface area (Å²) in [6, 6.07) is 1.42. The fraction of sp³-hybridized carbons (Fsp3) is 1.00. The molecule has 0 bridgehead atoms. The molecule has 1 heterocycles. The lowest BCUT2D eigenvalue weighted by atomic mass is 10.1. The lowest BCUT2D eigenvalue weighted by Gasteiger charge is -2.32. The number of nitrogens with one attached hydrogen (secondary N) is 1. The highest BCUT2D eigenvalue weighted by atomic mass is 15.3. The summed E-state index contributed by atoms with van der Waals surface area (Å²) in [6.45, 7) is 11.9. The standard InChI is InChI=1S/C15H34N3/c1-13(2)17(9-10-18(4,5)6)8-7-15-11-14(3)12-16-15/h13-16H,7-12H2,1-6H3/q+1. The Balaban J connectivity index is 2.29. The minimum Gasteiger partial charge on any atom is -0.330 e. The van der Waals surface area contributed by atoms with Crippen LogP contribution in [0.25, 0.3) is 0 Å². The molecule has 3 heteroatoms. The third-order valence-electron chi connectivity index (χ3n) is 3.99. The summed E-state index contributed by atoms with van der Waals surface area (Å²) in [5.41, 5.74) is 0. The molecular weight excluding hydrogens is 222 g/mol. The summed E-state index contributed by atoms with van der Waals surface area (Å²) in [7, 11) is 6.83. The van der Waals surface area contributed by atoms with E-state index >= 15 is 0 Å². The molecule has 1 fully saturated rings. The average Bonchev–Trinajstić information content (AvgIpc) is 2.62. The van der Waals surface area contributed by atoms with Crippen molar-refractivity contribution in [2.24, 2.45) is 5.92 Å². The van der Waals surface area contributed by atoms with Gasteiger partial charge in [-0.3, -0.25) is 4.90 Å². The van der Waals surface area contributed by atoms with Gasteiger partial charge in [0.05, 0.1) is 27.7 Å². The van der Waals surface area contributed by atoms with Gasteiger partial charge in [-0.05, 0) is 39.2 Å². The molecule has 0 aromatic heterocycles. The zero-order chi connectivity index (χ0) is 13.8. The van der Waals surface area contributed by atoms with Crippen LogP contribution < -0.4 is 5.32 Å². The predicted octanol–water partition coefficient (Wildman–Crippen LogP) is 1.79. The summed E-state index contributed by atoms with van der Waals surface area (Å²) in [4.78, 5) is 2.63. The Morgan fingerprint density at radius 2 is 1.89 bits per heavy atom. The van der Waals surface area contributed by atoms with E-state index in [1.54, 1.807) is 0 Å². The zero-order valence-corrected chi connectivity index (χ0v) is 13.4. The van der Waals surface area contributed by atoms with E-state index < -0.39 is 0 Å². The van der Waals surface area contributed by atoms with E-state index in [4.69, 9.17) is 0 Å². The van der Waals surface area contributed by atoms with Crippen LogP contribution in [0.4, 0.5) is 0 Å². The first-order valence-electron chi connectivity index (χ1n) is 7.56. The SMILES string of the molecule is CC1CNC(CCN(CC[N+](C)(C)C)C(C)C)C1. The van der Waals surface area contributed by atoms with Crippen LogP contribution in [0.15, 0.2) is 0 Å². The number of hydrogen-bond acceptors (Lipinski definition) is 2. The summed E-state index contributed by atoms with van der Waals surface area (Å²) in [5, 5.41) is 3.64. The van der Waals surface area contributed by atoms with Crippen LogP contribution in [0, 0.1) is 5.92 Å². The summed E-state index contributed by atoms with van der Waals surface area (Å²) in [5.74, 6) is 0.869. The molecule has 2 unspecified atom stereocenters. The maximum atomic E-state index is 3.64. The van der Waals surface area contributed by atoms with E-state index in [1.807, 2.05) is 0 Å². The van der Waals surface area contributed by atoms with E-state index in [0.29, 0.717) is 6.04 Å². The molecule has 2 atom stereocenters. The summed E-state index contributed by atoms with van der Waals surface area (Å²) in [6.07, 6.45) is 2.67. The van der Waals surface area contributed by atoms with Crippen LogP contribution in [0.1, 0.15) is 33.6 Å². The van der Waals surface area contributed by atoms with Crippen LogP contribution in [-0.4, -0.2) is 68.8 Å². The molecule has 1 rings (SSSR count). The van der Waals surface area contributed by atoms with Gasteiger partial charge in [0.25, 0.3) is 0 Å². The van der Waals surface area contributed by atoms with Crippen molar-refractivity contribution in [2.45, 2.75) is 45.7 Å². The second-order valence-corrected chi connectivity index (χ2v) is 7.38. The highest BCUT2D eigenvalue weighted by molar-refractivity contribution is 4.80. The Bertz CT molecular complexity index is 232. The molecule has 1 aliphatic rings. The number of likely N-dealkylation sites (N-methyl/N-ethyl adjacent to an activating group) is 1. The smallest absolute Gasteiger partial charge is 0.0909 e. The van der Waals surface area contributed by atoms with Crippen molar-refractivity contribution in [2.75, 3.05) is 47.3 Å². The highest BCUT2D eigenvalue weighted by Crippen LogP contribution is 2.16. The predicted molar refractivity (Wildman–Crippen MR) is 79.8 cm³/mol. The molecule has 1 saturated heterocycles. The average molecular weight is 256 g/mol. The maximum absolute atomic E-state index is 3.64. The maximum Gasteiger partial charge on any atom is 0.0909 e. The van der Waals surface area contributed by atoms with Gasteiger partial charge in [-0.25, -0.2) is 0 Å². The van der Waals surface area contributed by atoms with E-state index in [1.165, 1.54) is 39.0 Å². The van der Waals surface area contributed by atoms with Gasteiger partial charge < -0.3 is 9.80 Å². The molecule has 3 nitrogen and oxygen atoms in total.